The summed E-state index contributed by atoms with van der Waals surface area (Å²) < 4.78 is 5.64. The zero-order chi connectivity index (χ0) is 17.0. The van der Waals surface area contributed by atoms with Gasteiger partial charge >= 0.3 is 0 Å². The Bertz CT molecular complexity index is 768. The number of halogens is 1. The smallest absolute Gasteiger partial charge is 0.267 e. The van der Waals surface area contributed by atoms with Gasteiger partial charge in [0.05, 0.1) is 11.6 Å². The number of aryl methyl sites for hydroxylation is 1. The maximum Gasteiger partial charge on any atom is 0.267 e. The van der Waals surface area contributed by atoms with E-state index in [1.54, 1.807) is 44.3 Å². The highest BCUT2D eigenvalue weighted by Crippen LogP contribution is 2.23. The molecule has 4 nitrogen and oxygen atoms in total. The summed E-state index contributed by atoms with van der Waals surface area (Å²) in [6.07, 6.45) is -0.686. The van der Waals surface area contributed by atoms with E-state index in [0.717, 1.165) is 5.56 Å². The maximum absolute atomic E-state index is 12.5. The highest BCUT2D eigenvalue weighted by molar-refractivity contribution is 6.31. The molecule has 0 fully saturated rings. The van der Waals surface area contributed by atoms with Crippen LogP contribution in [0.15, 0.2) is 42.5 Å². The number of hydrogen-bond donors (Lipinski definition) is 0. The molecule has 118 valence electrons. The maximum atomic E-state index is 12.5. The standard InChI is InChI=1S/C18H17ClN2O2/c1-12-7-8-15(10-17(12)19)21(3)18(22)13(2)23-16-6-4-5-14(9-16)11-20/h4-10,13H,1-3H3. The minimum Gasteiger partial charge on any atom is -0.481 e. The number of anilines is 1. The number of carbonyl (C=O) groups excluding carboxylic acids is 1. The Labute approximate surface area is 140 Å². The molecule has 0 aliphatic heterocycles. The van der Waals surface area contributed by atoms with Gasteiger partial charge < -0.3 is 9.64 Å². The van der Waals surface area contributed by atoms with E-state index in [1.807, 2.05) is 25.1 Å². The molecule has 5 heteroatoms. The number of hydrogen-bond acceptors (Lipinski definition) is 3. The third-order valence-electron chi connectivity index (χ3n) is 3.50. The third-order valence-corrected chi connectivity index (χ3v) is 3.90. The Kier molecular flexibility index (Phi) is 5.25. The van der Waals surface area contributed by atoms with E-state index in [2.05, 4.69) is 0 Å². The van der Waals surface area contributed by atoms with Crippen LogP contribution < -0.4 is 9.64 Å². The van der Waals surface area contributed by atoms with E-state index >= 15 is 0 Å². The second kappa shape index (κ2) is 7.17. The van der Waals surface area contributed by atoms with Gasteiger partial charge in [-0.1, -0.05) is 23.7 Å². The van der Waals surface area contributed by atoms with Gasteiger partial charge in [0, 0.05) is 17.8 Å². The van der Waals surface area contributed by atoms with Crippen LogP contribution in [0.2, 0.25) is 5.02 Å². The number of nitrogens with zero attached hydrogens (tertiary/aromatic N) is 2. The average Bonchev–Trinajstić information content (AvgIpc) is 2.56. The first-order valence-corrected chi connectivity index (χ1v) is 7.50. The Balaban J connectivity index is 2.12. The van der Waals surface area contributed by atoms with Crippen molar-refractivity contribution < 1.29 is 9.53 Å². The zero-order valence-electron chi connectivity index (χ0n) is 13.2. The van der Waals surface area contributed by atoms with Crippen molar-refractivity contribution in [3.63, 3.8) is 0 Å². The average molecular weight is 329 g/mol. The number of amides is 1. The summed E-state index contributed by atoms with van der Waals surface area (Å²) in [5.41, 5.74) is 2.14. The van der Waals surface area contributed by atoms with Gasteiger partial charge in [0.1, 0.15) is 5.75 Å². The van der Waals surface area contributed by atoms with Crippen LogP contribution in [0.25, 0.3) is 0 Å². The molecule has 1 unspecified atom stereocenters. The highest BCUT2D eigenvalue weighted by Gasteiger charge is 2.21. The summed E-state index contributed by atoms with van der Waals surface area (Å²) >= 11 is 6.11. The first kappa shape index (κ1) is 16.9. The molecule has 0 spiro atoms. The van der Waals surface area contributed by atoms with Crippen molar-refractivity contribution in [1.29, 1.82) is 5.26 Å². The minimum atomic E-state index is -0.686. The van der Waals surface area contributed by atoms with Crippen molar-refractivity contribution >= 4 is 23.2 Å². The molecule has 2 aromatic carbocycles. The second-order valence-electron chi connectivity index (χ2n) is 5.23. The van der Waals surface area contributed by atoms with Gasteiger partial charge in [-0.15, -0.1) is 0 Å². The SMILES string of the molecule is Cc1ccc(N(C)C(=O)C(C)Oc2cccc(C#N)c2)cc1Cl. The van der Waals surface area contributed by atoms with Gasteiger partial charge in [0.25, 0.3) is 5.91 Å². The van der Waals surface area contributed by atoms with Gasteiger partial charge in [-0.05, 0) is 49.7 Å². The molecule has 0 aliphatic rings. The van der Waals surface area contributed by atoms with Gasteiger partial charge in [0.15, 0.2) is 6.10 Å². The predicted octanol–water partition coefficient (Wildman–Crippen LogP) is 3.95. The van der Waals surface area contributed by atoms with Crippen LogP contribution in [0.3, 0.4) is 0 Å². The third kappa shape index (κ3) is 4.02. The van der Waals surface area contributed by atoms with Crippen LogP contribution in [0, 0.1) is 18.3 Å². The minimum absolute atomic E-state index is 0.202. The van der Waals surface area contributed by atoms with E-state index in [1.165, 1.54) is 4.90 Å². The number of carbonyl (C=O) groups is 1. The van der Waals surface area contributed by atoms with E-state index < -0.39 is 6.10 Å². The first-order chi connectivity index (χ1) is 10.9. The van der Waals surface area contributed by atoms with Crippen molar-refractivity contribution in [2.24, 2.45) is 0 Å². The van der Waals surface area contributed by atoms with E-state index in [0.29, 0.717) is 22.0 Å². The second-order valence-corrected chi connectivity index (χ2v) is 5.64. The molecule has 1 amide bonds. The first-order valence-electron chi connectivity index (χ1n) is 7.13. The van der Waals surface area contributed by atoms with Gasteiger partial charge in [-0.3, -0.25) is 4.79 Å². The Morgan fingerprint density at radius 2 is 2.04 bits per heavy atom. The van der Waals surface area contributed by atoms with E-state index in [-0.39, 0.29) is 5.91 Å². The van der Waals surface area contributed by atoms with Crippen molar-refractivity contribution in [3.8, 4) is 11.8 Å². The van der Waals surface area contributed by atoms with E-state index in [9.17, 15) is 4.79 Å². The monoisotopic (exact) mass is 328 g/mol. The van der Waals surface area contributed by atoms with Crippen molar-refractivity contribution in [3.05, 3.63) is 58.6 Å². The normalized spacial score (nSPS) is 11.4. The molecular weight excluding hydrogens is 312 g/mol. The largest absolute Gasteiger partial charge is 0.481 e. The molecule has 2 aromatic rings. The lowest BCUT2D eigenvalue weighted by atomic mass is 10.2. The van der Waals surface area contributed by atoms with Crippen LogP contribution in [-0.2, 0) is 4.79 Å². The van der Waals surface area contributed by atoms with Gasteiger partial charge in [0.2, 0.25) is 0 Å². The summed E-state index contributed by atoms with van der Waals surface area (Å²) in [6.45, 7) is 3.58. The van der Waals surface area contributed by atoms with Crippen LogP contribution in [0.5, 0.6) is 5.75 Å². The lowest BCUT2D eigenvalue weighted by Crippen LogP contribution is -2.38. The zero-order valence-corrected chi connectivity index (χ0v) is 14.0. The molecule has 0 heterocycles. The lowest BCUT2D eigenvalue weighted by molar-refractivity contribution is -0.124. The molecule has 0 aliphatic carbocycles. The molecule has 0 saturated carbocycles. The Morgan fingerprint density at radius 3 is 2.70 bits per heavy atom. The molecule has 0 aromatic heterocycles. The predicted molar refractivity (Wildman–Crippen MR) is 90.8 cm³/mol. The molecular formula is C18H17ClN2O2. The summed E-state index contributed by atoms with van der Waals surface area (Å²) in [6, 6.07) is 14.2. The highest BCUT2D eigenvalue weighted by atomic mass is 35.5. The fourth-order valence-corrected chi connectivity index (χ4v) is 2.26. The van der Waals surface area contributed by atoms with Crippen LogP contribution >= 0.6 is 11.6 Å². The van der Waals surface area contributed by atoms with Crippen molar-refractivity contribution in [2.75, 3.05) is 11.9 Å². The van der Waals surface area contributed by atoms with E-state index in [4.69, 9.17) is 21.6 Å². The quantitative estimate of drug-likeness (QED) is 0.854. The Morgan fingerprint density at radius 1 is 1.30 bits per heavy atom. The summed E-state index contributed by atoms with van der Waals surface area (Å²) in [4.78, 5) is 14.0. The van der Waals surface area contributed by atoms with Gasteiger partial charge in [-0.25, -0.2) is 0 Å². The van der Waals surface area contributed by atoms with Crippen molar-refractivity contribution in [2.45, 2.75) is 20.0 Å². The van der Waals surface area contributed by atoms with Crippen molar-refractivity contribution in [1.82, 2.24) is 0 Å². The summed E-state index contributed by atoms with van der Waals surface area (Å²) in [5.74, 6) is 0.285. The number of ether oxygens (including phenoxy) is 1. The number of benzene rings is 2. The number of likely N-dealkylation sites (N-methyl/N-ethyl adjacent to an activating group) is 1. The molecule has 0 radical (unpaired) electrons. The van der Waals surface area contributed by atoms with Crippen LogP contribution in [0.4, 0.5) is 5.69 Å². The van der Waals surface area contributed by atoms with Crippen LogP contribution in [-0.4, -0.2) is 19.1 Å². The molecule has 23 heavy (non-hydrogen) atoms. The summed E-state index contributed by atoms with van der Waals surface area (Å²) in [5, 5.41) is 9.51. The topological polar surface area (TPSA) is 53.3 Å². The molecule has 2 rings (SSSR count). The number of nitriles is 1. The Hall–Kier alpha value is -2.51. The molecule has 0 saturated heterocycles. The molecule has 0 bridgehead atoms. The lowest BCUT2D eigenvalue weighted by Gasteiger charge is -2.22. The molecule has 1 atom stereocenters. The fraction of sp³-hybridized carbons (Fsp3) is 0.222. The number of rotatable bonds is 4. The molecule has 0 N–H and O–H groups in total. The van der Waals surface area contributed by atoms with Crippen LogP contribution in [0.1, 0.15) is 18.1 Å². The van der Waals surface area contributed by atoms with Gasteiger partial charge in [-0.2, -0.15) is 5.26 Å². The fourth-order valence-electron chi connectivity index (χ4n) is 2.08. The summed E-state index contributed by atoms with van der Waals surface area (Å²) in [7, 11) is 1.68.